The number of halogens is 9. The van der Waals surface area contributed by atoms with Gasteiger partial charge >= 0.3 is 38.0 Å². The van der Waals surface area contributed by atoms with E-state index in [1.807, 2.05) is 27.7 Å². The predicted octanol–water partition coefficient (Wildman–Crippen LogP) is 9.62. The highest BCUT2D eigenvalue weighted by atomic mass is 32.3. The highest BCUT2D eigenvalue weighted by Gasteiger charge is 2.81. The number of nitrogens with zero attached hydrogens (tertiary/aromatic N) is 1. The van der Waals surface area contributed by atoms with Gasteiger partial charge in [0.1, 0.15) is 11.4 Å². The first-order chi connectivity index (χ1) is 25.7. The molecule has 4 bridgehead atoms. The molecule has 0 heterocycles. The number of carbonyl (C=O) groups excluding carboxylic acids is 1. The molecule has 4 saturated carbocycles. The van der Waals surface area contributed by atoms with E-state index >= 15 is 0 Å². The number of ether oxygens (including phenoxy) is 1. The normalized spacial score (nSPS) is 25.1. The number of hydrogen-bond acceptors (Lipinski definition) is 9. The van der Waals surface area contributed by atoms with Gasteiger partial charge in [-0.25, -0.2) is 16.8 Å². The van der Waals surface area contributed by atoms with Crippen molar-refractivity contribution in [3.63, 3.8) is 0 Å². The van der Waals surface area contributed by atoms with E-state index in [2.05, 4.69) is 18.0 Å². The molecule has 0 aliphatic heterocycles. The van der Waals surface area contributed by atoms with Gasteiger partial charge in [0, 0.05) is 0 Å². The molecule has 6 rings (SSSR count). The summed E-state index contributed by atoms with van der Waals surface area (Å²) in [6.45, 7) is 12.1. The number of alkyl halides is 9. The number of rotatable bonds is 13. The van der Waals surface area contributed by atoms with Crippen molar-refractivity contribution in [2.24, 2.45) is 29.1 Å². The van der Waals surface area contributed by atoms with Gasteiger partial charge in [-0.1, -0.05) is 45.0 Å². The number of benzene rings is 2. The van der Waals surface area contributed by atoms with Crippen LogP contribution < -0.4 is 4.18 Å². The van der Waals surface area contributed by atoms with Crippen LogP contribution in [0.15, 0.2) is 36.4 Å². The number of fused-ring (bicyclic) bond motifs is 1. The zero-order valence-electron chi connectivity index (χ0n) is 31.5. The maximum absolute atomic E-state index is 14.2. The molecule has 4 aliphatic carbocycles. The van der Waals surface area contributed by atoms with E-state index in [1.165, 1.54) is 38.2 Å². The molecule has 2 aromatic carbocycles. The minimum atomic E-state index is -7.98. The molecule has 0 N–H and O–H groups in total. The zero-order chi connectivity index (χ0) is 43.6. The summed E-state index contributed by atoms with van der Waals surface area (Å²) in [4.78, 5) is 12.5. The Labute approximate surface area is 325 Å². The minimum Gasteiger partial charge on any atom is -0.458 e. The first-order valence-electron chi connectivity index (χ1n) is 17.8. The molecule has 1 atom stereocenters. The molecular weight excluding hydrogens is 846 g/mol. The zero-order valence-corrected chi connectivity index (χ0v) is 34.0. The highest BCUT2D eigenvalue weighted by molar-refractivity contribution is 8.13. The van der Waals surface area contributed by atoms with Crippen molar-refractivity contribution in [1.82, 2.24) is 0 Å². The lowest BCUT2D eigenvalue weighted by Gasteiger charge is -2.59. The Hall–Kier alpha value is -2.85. The van der Waals surface area contributed by atoms with Crippen molar-refractivity contribution in [1.29, 1.82) is 0 Å². The van der Waals surface area contributed by atoms with Crippen molar-refractivity contribution in [2.45, 2.75) is 120 Å². The van der Waals surface area contributed by atoms with Crippen LogP contribution in [0.3, 0.4) is 0 Å². The summed E-state index contributed by atoms with van der Waals surface area (Å²) >= 11 is 0. The Bertz CT molecular complexity index is 2150. The molecule has 1 unspecified atom stereocenters. The first-order valence-corrected chi connectivity index (χ1v) is 22.1. The summed E-state index contributed by atoms with van der Waals surface area (Å²) in [5.41, 5.74) is -6.41. The van der Waals surface area contributed by atoms with Crippen molar-refractivity contribution >= 4 is 46.9 Å². The number of sulfonamides is 2. The molecular formula is C35H43F9NO9S3-. The van der Waals surface area contributed by atoms with Crippen LogP contribution >= 0.6 is 0 Å². The third-order valence-electron chi connectivity index (χ3n) is 11.6. The fourth-order valence-corrected chi connectivity index (χ4v) is 10.7. The van der Waals surface area contributed by atoms with E-state index in [0.717, 1.165) is 42.4 Å². The van der Waals surface area contributed by atoms with Crippen LogP contribution in [0.5, 0.6) is 5.75 Å². The standard InChI is InChI=1S/C18H15F9NO7S3.C17H28O2/c1-3-10(2)11-4-5-13-9-14(7-6-12(13)8-11)35-38(33,34)17(23,24)15(19,20)16(21,22)36(29,30)28-37(31,32)18(25,26)27;1-5-16(2,3)15(18)19-17(4)13-7-11-6-12(9-13)10-14(17)8-11/h4-10H,3H2,1-2H3;11-14H,5-10H2,1-4H3/q-1;. The molecule has 4 fully saturated rings. The summed E-state index contributed by atoms with van der Waals surface area (Å²) in [5, 5.41) is -14.1. The SMILES string of the molecule is CCC(C)(C)C(=O)OC1(C)C2CC3CC(C2)CC1C3.CCC(C)c1ccc2cc(OS(=O)(=O)C(F)(F)C(F)(F)C(F)(F)S(=O)(=O)[N-]S(=O)(=O)C(F)(F)F)ccc2c1. The highest BCUT2D eigenvalue weighted by Crippen LogP contribution is 2.60. The molecule has 0 aromatic heterocycles. The second-order valence-corrected chi connectivity index (χ2v) is 20.9. The van der Waals surface area contributed by atoms with Gasteiger partial charge in [-0.05, 0) is 124 Å². The van der Waals surface area contributed by atoms with Gasteiger partial charge in [0.05, 0.1) is 5.41 Å². The van der Waals surface area contributed by atoms with Gasteiger partial charge in [-0.3, -0.25) is 4.79 Å². The Morgan fingerprint density at radius 1 is 0.772 bits per heavy atom. The van der Waals surface area contributed by atoms with E-state index in [0.29, 0.717) is 27.4 Å². The summed E-state index contributed by atoms with van der Waals surface area (Å²) in [7, 11) is -22.7. The van der Waals surface area contributed by atoms with E-state index in [9.17, 15) is 69.6 Å². The number of esters is 1. The lowest BCUT2D eigenvalue weighted by atomic mass is 9.50. The Kier molecular flexibility index (Phi) is 12.6. The molecule has 0 spiro atoms. The quantitative estimate of drug-likeness (QED) is 0.109. The van der Waals surface area contributed by atoms with Gasteiger partial charge in [-0.15, -0.1) is 0 Å². The van der Waals surface area contributed by atoms with Crippen LogP contribution in [0, 0.1) is 29.1 Å². The van der Waals surface area contributed by atoms with E-state index in [1.54, 1.807) is 12.1 Å². The third-order valence-corrected chi connectivity index (χ3v) is 15.9. The largest absolute Gasteiger partial charge is 0.480 e. The van der Waals surface area contributed by atoms with Gasteiger partial charge < -0.3 is 13.0 Å². The van der Waals surface area contributed by atoms with Gasteiger partial charge in [0.2, 0.25) is 0 Å². The second kappa shape index (κ2) is 15.3. The molecule has 0 amide bonds. The van der Waals surface area contributed by atoms with Crippen LogP contribution in [-0.2, 0) is 39.7 Å². The van der Waals surface area contributed by atoms with Crippen LogP contribution in [0.4, 0.5) is 39.5 Å². The maximum atomic E-state index is 14.2. The lowest BCUT2D eigenvalue weighted by molar-refractivity contribution is -0.245. The van der Waals surface area contributed by atoms with Crippen LogP contribution in [0.1, 0.15) is 98.0 Å². The van der Waals surface area contributed by atoms with E-state index in [-0.39, 0.29) is 28.3 Å². The van der Waals surface area contributed by atoms with Crippen molar-refractivity contribution in [3.05, 3.63) is 46.1 Å². The fourth-order valence-electron chi connectivity index (χ4n) is 7.49. The first kappa shape index (κ1) is 46.8. The summed E-state index contributed by atoms with van der Waals surface area (Å²) < 4.78 is 200. The average Bonchev–Trinajstić information content (AvgIpc) is 3.08. The third kappa shape index (κ3) is 8.60. The summed E-state index contributed by atoms with van der Waals surface area (Å²) in [6.07, 6.45) is 8.20. The lowest BCUT2D eigenvalue weighted by Crippen LogP contribution is -2.61. The van der Waals surface area contributed by atoms with Crippen molar-refractivity contribution in [2.75, 3.05) is 0 Å². The fraction of sp³-hybridized carbons (Fsp3) is 0.686. The maximum Gasteiger partial charge on any atom is 0.480 e. The topological polar surface area (TPSA) is 152 Å². The smallest absolute Gasteiger partial charge is 0.458 e. The Morgan fingerprint density at radius 3 is 1.74 bits per heavy atom. The Balaban J connectivity index is 0.000000313. The molecule has 10 nitrogen and oxygen atoms in total. The monoisotopic (exact) mass is 888 g/mol. The van der Waals surface area contributed by atoms with Crippen molar-refractivity contribution < 1.29 is 78.5 Å². The molecule has 22 heteroatoms. The predicted molar refractivity (Wildman–Crippen MR) is 190 cm³/mol. The summed E-state index contributed by atoms with van der Waals surface area (Å²) in [6, 6.07) is 7.06. The molecule has 0 radical (unpaired) electrons. The van der Waals surface area contributed by atoms with E-state index in [4.69, 9.17) is 4.74 Å². The Morgan fingerprint density at radius 2 is 1.26 bits per heavy atom. The van der Waals surface area contributed by atoms with Crippen LogP contribution in [-0.4, -0.2) is 58.8 Å². The summed E-state index contributed by atoms with van der Waals surface area (Å²) in [5.74, 6) is -5.51. The molecule has 0 saturated heterocycles. The average molecular weight is 889 g/mol. The molecule has 2 aromatic rings. The van der Waals surface area contributed by atoms with Crippen LogP contribution in [0.25, 0.3) is 14.9 Å². The number of carbonyl (C=O) groups is 1. The molecule has 324 valence electrons. The van der Waals surface area contributed by atoms with Gasteiger partial charge in [0.15, 0.2) is 20.0 Å². The van der Waals surface area contributed by atoms with Gasteiger partial charge in [-0.2, -0.15) is 47.9 Å². The molecule has 57 heavy (non-hydrogen) atoms. The van der Waals surface area contributed by atoms with Crippen LogP contribution in [0.2, 0.25) is 0 Å². The van der Waals surface area contributed by atoms with E-state index < -0.39 is 57.9 Å². The minimum absolute atomic E-state index is 0.0185. The second-order valence-electron chi connectivity index (χ2n) is 15.8. The molecule has 4 aliphatic rings. The van der Waals surface area contributed by atoms with Gasteiger partial charge in [0.25, 0.3) is 0 Å². The number of hydrogen-bond donors (Lipinski definition) is 0. The van der Waals surface area contributed by atoms with Crippen molar-refractivity contribution in [3.8, 4) is 5.75 Å².